The summed E-state index contributed by atoms with van der Waals surface area (Å²) >= 11 is 0. The van der Waals surface area contributed by atoms with Crippen molar-refractivity contribution in [2.24, 2.45) is 5.92 Å². The number of hydrogen-bond donors (Lipinski definition) is 3. The molecular formula is C27H40O10. The number of ether oxygens (including phenoxy) is 5. The van der Waals surface area contributed by atoms with E-state index in [4.69, 9.17) is 23.7 Å². The highest BCUT2D eigenvalue weighted by Gasteiger charge is 2.78. The Bertz CT molecular complexity index is 1030. The average molecular weight is 525 g/mol. The molecule has 0 amide bonds. The van der Waals surface area contributed by atoms with Crippen molar-refractivity contribution in [3.63, 3.8) is 0 Å². The summed E-state index contributed by atoms with van der Waals surface area (Å²) in [7, 11) is 0. The minimum atomic E-state index is -2.00. The molecule has 0 aromatic rings. The Hall–Kier alpha value is -1.82. The molecule has 3 fully saturated rings. The molecule has 0 spiro atoms. The smallest absolute Gasteiger partial charge is 0.334 e. The van der Waals surface area contributed by atoms with Gasteiger partial charge in [-0.15, -0.1) is 0 Å². The average Bonchev–Trinajstić information content (AvgIpc) is 3.24. The number of rotatable bonds is 5. The first-order valence-electron chi connectivity index (χ1n) is 12.9. The van der Waals surface area contributed by atoms with Gasteiger partial charge in [0.1, 0.15) is 24.4 Å². The van der Waals surface area contributed by atoms with E-state index in [0.29, 0.717) is 23.1 Å². The zero-order valence-electron chi connectivity index (χ0n) is 22.9. The zero-order valence-corrected chi connectivity index (χ0v) is 22.9. The van der Waals surface area contributed by atoms with Gasteiger partial charge in [-0.1, -0.05) is 13.0 Å². The largest absolute Gasteiger partial charge is 0.459 e. The Morgan fingerprint density at radius 3 is 2.41 bits per heavy atom. The number of fused-ring (bicyclic) bond motifs is 5. The molecule has 2 aliphatic carbocycles. The molecule has 9 atom stereocenters. The first kappa shape index (κ1) is 28.2. The monoisotopic (exact) mass is 524 g/mol. The van der Waals surface area contributed by atoms with Crippen molar-refractivity contribution in [3.05, 3.63) is 22.8 Å². The van der Waals surface area contributed by atoms with Crippen molar-refractivity contribution in [2.75, 3.05) is 0 Å². The van der Waals surface area contributed by atoms with Gasteiger partial charge in [0.2, 0.25) is 0 Å². The van der Waals surface area contributed by atoms with Gasteiger partial charge in [0.05, 0.1) is 5.60 Å². The van der Waals surface area contributed by atoms with Crippen LogP contribution in [0.5, 0.6) is 0 Å². The van der Waals surface area contributed by atoms with Gasteiger partial charge >= 0.3 is 11.9 Å². The first-order valence-corrected chi connectivity index (χ1v) is 12.9. The molecule has 208 valence electrons. The summed E-state index contributed by atoms with van der Waals surface area (Å²) in [5.74, 6) is -3.23. The van der Waals surface area contributed by atoms with Crippen LogP contribution >= 0.6 is 0 Å². The van der Waals surface area contributed by atoms with Crippen LogP contribution in [-0.4, -0.2) is 80.6 Å². The standard InChI is InChI=1S/C27H40O10/c1-9-11-16(28)33-15-12-25(7,31)18-17(14(4)20(19(18)29)34-22(30)13(3)10-2)21-27(15,32)26(8)23(35-21)36-24(5,6)37-26/h10,15,18-21,23,29,31-32H,9,11-12H2,1-8H3/b13-10-/t15-,18+,19-,20-,21-,23-,25-,26+,27+/m0/s1. The van der Waals surface area contributed by atoms with Crippen molar-refractivity contribution >= 4 is 11.9 Å². The lowest BCUT2D eigenvalue weighted by Crippen LogP contribution is -2.65. The lowest BCUT2D eigenvalue weighted by atomic mass is 9.75. The van der Waals surface area contributed by atoms with Gasteiger partial charge in [-0.05, 0) is 66.0 Å². The minimum Gasteiger partial charge on any atom is -0.459 e. The summed E-state index contributed by atoms with van der Waals surface area (Å²) in [6.07, 6.45) is -3.82. The van der Waals surface area contributed by atoms with Crippen molar-refractivity contribution < 1.29 is 48.6 Å². The predicted octanol–water partition coefficient (Wildman–Crippen LogP) is 2.04. The molecule has 10 nitrogen and oxygen atoms in total. The molecule has 2 aliphatic heterocycles. The van der Waals surface area contributed by atoms with Gasteiger partial charge in [-0.25, -0.2) is 4.79 Å². The van der Waals surface area contributed by atoms with Crippen LogP contribution in [0.2, 0.25) is 0 Å². The van der Waals surface area contributed by atoms with E-state index in [-0.39, 0.29) is 12.8 Å². The molecule has 3 N–H and O–H groups in total. The number of carbonyl (C=O) groups excluding carboxylic acids is 2. The van der Waals surface area contributed by atoms with E-state index in [1.54, 1.807) is 47.6 Å². The van der Waals surface area contributed by atoms with Crippen LogP contribution in [0.4, 0.5) is 0 Å². The number of aliphatic hydroxyl groups is 3. The fourth-order valence-corrected chi connectivity index (χ4v) is 6.46. The molecule has 37 heavy (non-hydrogen) atoms. The van der Waals surface area contributed by atoms with E-state index < -0.39 is 71.2 Å². The van der Waals surface area contributed by atoms with Crippen molar-refractivity contribution in [2.45, 2.75) is 128 Å². The topological polar surface area (TPSA) is 141 Å². The quantitative estimate of drug-likeness (QED) is 0.278. The first-order chi connectivity index (χ1) is 17.0. The predicted molar refractivity (Wildman–Crippen MR) is 130 cm³/mol. The molecule has 1 saturated carbocycles. The van der Waals surface area contributed by atoms with E-state index in [1.165, 1.54) is 6.92 Å². The Kier molecular flexibility index (Phi) is 6.96. The summed E-state index contributed by atoms with van der Waals surface area (Å²) in [5, 5.41) is 35.7. The summed E-state index contributed by atoms with van der Waals surface area (Å²) in [6.45, 7) is 13.3. The third-order valence-corrected chi connectivity index (χ3v) is 8.38. The maximum Gasteiger partial charge on any atom is 0.334 e. The van der Waals surface area contributed by atoms with Crippen molar-refractivity contribution in [3.8, 4) is 0 Å². The van der Waals surface area contributed by atoms with Crippen LogP contribution in [0.3, 0.4) is 0 Å². The van der Waals surface area contributed by atoms with Gasteiger partial charge < -0.3 is 39.0 Å². The molecule has 2 heterocycles. The molecule has 10 heteroatoms. The molecule has 0 unspecified atom stereocenters. The van der Waals surface area contributed by atoms with Crippen molar-refractivity contribution in [1.82, 2.24) is 0 Å². The molecule has 0 aromatic carbocycles. The van der Waals surface area contributed by atoms with Gasteiger partial charge in [0.25, 0.3) is 0 Å². The SMILES string of the molecule is C/C=C(/C)C(=O)O[C@H]1C(C)=C2[C@H]([C@@H]1O)[C@@](C)(O)C[C@H](OC(=O)CCC)[C@@]1(O)[C@H]2O[C@H]2OC(C)(C)O[C@]21C. The second kappa shape index (κ2) is 9.14. The van der Waals surface area contributed by atoms with Gasteiger partial charge in [-0.2, -0.15) is 0 Å². The summed E-state index contributed by atoms with van der Waals surface area (Å²) < 4.78 is 30.0. The summed E-state index contributed by atoms with van der Waals surface area (Å²) in [6, 6.07) is 0. The van der Waals surface area contributed by atoms with Crippen LogP contribution in [0.1, 0.15) is 74.7 Å². The van der Waals surface area contributed by atoms with Crippen LogP contribution in [0.25, 0.3) is 0 Å². The molecule has 0 aromatic heterocycles. The van der Waals surface area contributed by atoms with Crippen molar-refractivity contribution in [1.29, 1.82) is 0 Å². The number of esters is 2. The van der Waals surface area contributed by atoms with Crippen LogP contribution in [0, 0.1) is 5.92 Å². The molecular weight excluding hydrogens is 484 g/mol. The van der Waals surface area contributed by atoms with Crippen LogP contribution in [-0.2, 0) is 33.3 Å². The molecule has 2 saturated heterocycles. The molecule has 4 aliphatic rings. The van der Waals surface area contributed by atoms with Crippen LogP contribution < -0.4 is 0 Å². The highest BCUT2D eigenvalue weighted by Crippen LogP contribution is 2.61. The van der Waals surface area contributed by atoms with E-state index in [9.17, 15) is 24.9 Å². The highest BCUT2D eigenvalue weighted by molar-refractivity contribution is 5.88. The van der Waals surface area contributed by atoms with E-state index in [1.807, 2.05) is 6.92 Å². The van der Waals surface area contributed by atoms with E-state index in [0.717, 1.165) is 0 Å². The summed E-state index contributed by atoms with van der Waals surface area (Å²) in [5.41, 5.74) is -3.97. The second-order valence-corrected chi connectivity index (χ2v) is 11.6. The summed E-state index contributed by atoms with van der Waals surface area (Å²) in [4.78, 5) is 25.3. The second-order valence-electron chi connectivity index (χ2n) is 11.6. The Balaban J connectivity index is 1.87. The third-order valence-electron chi connectivity index (χ3n) is 8.38. The Morgan fingerprint density at radius 1 is 1.16 bits per heavy atom. The number of aliphatic hydroxyl groups excluding tert-OH is 1. The lowest BCUT2D eigenvalue weighted by Gasteiger charge is -2.44. The number of carbonyl (C=O) groups is 2. The van der Waals surface area contributed by atoms with E-state index in [2.05, 4.69) is 0 Å². The van der Waals surface area contributed by atoms with Gasteiger partial charge in [-0.3, -0.25) is 4.79 Å². The fraction of sp³-hybridized carbons (Fsp3) is 0.778. The zero-order chi connectivity index (χ0) is 27.7. The fourth-order valence-electron chi connectivity index (χ4n) is 6.46. The maximum atomic E-state index is 12.7. The normalized spacial score (nSPS) is 44.7. The van der Waals surface area contributed by atoms with Crippen LogP contribution in [0.15, 0.2) is 22.8 Å². The molecule has 4 rings (SSSR count). The lowest BCUT2D eigenvalue weighted by molar-refractivity contribution is -0.256. The molecule has 0 bridgehead atoms. The maximum absolute atomic E-state index is 12.7. The third kappa shape index (κ3) is 4.17. The van der Waals surface area contributed by atoms with Gasteiger partial charge in [0, 0.05) is 24.3 Å². The Labute approximate surface area is 217 Å². The number of allylic oxidation sites excluding steroid dienone is 1. The highest BCUT2D eigenvalue weighted by atomic mass is 16.8. The van der Waals surface area contributed by atoms with Gasteiger partial charge in [0.15, 0.2) is 23.3 Å². The minimum absolute atomic E-state index is 0.124. The molecule has 0 radical (unpaired) electrons. The Morgan fingerprint density at radius 2 is 1.81 bits per heavy atom. The van der Waals surface area contributed by atoms with E-state index >= 15 is 0 Å². The number of hydrogen-bond acceptors (Lipinski definition) is 10.